The fourth-order valence-corrected chi connectivity index (χ4v) is 1.84. The molecule has 0 atom stereocenters. The van der Waals surface area contributed by atoms with E-state index in [-0.39, 0.29) is 27.3 Å². The van der Waals surface area contributed by atoms with Crippen molar-refractivity contribution in [1.29, 1.82) is 0 Å². The van der Waals surface area contributed by atoms with Gasteiger partial charge in [-0.25, -0.2) is 4.57 Å². The van der Waals surface area contributed by atoms with Crippen molar-refractivity contribution in [3.8, 4) is 5.75 Å². The zero-order chi connectivity index (χ0) is 19.2. The maximum Gasteiger partial charge on any atom is 2.00 e. The molecule has 0 aliphatic rings. The van der Waals surface area contributed by atoms with E-state index in [9.17, 15) is 5.11 Å². The number of phenols is 1. The Balaban J connectivity index is -0.000000474. The molecule has 24 heavy (non-hydrogen) atoms. The number of aromatic hydroxyl groups is 1. The molecular formula is C17H31NiO5P. The molecule has 5 nitrogen and oxygen atoms in total. The number of hydrogen-bond acceptors (Lipinski definition) is 2. The van der Waals surface area contributed by atoms with Crippen molar-refractivity contribution >= 4 is 7.82 Å². The van der Waals surface area contributed by atoms with Gasteiger partial charge < -0.3 is 26.7 Å². The van der Waals surface area contributed by atoms with Crippen LogP contribution in [-0.4, -0.2) is 19.8 Å². The average molecular weight is 405 g/mol. The van der Waals surface area contributed by atoms with E-state index in [1.54, 1.807) is 6.92 Å². The Bertz CT molecular complexity index is 496. The molecule has 0 heterocycles. The maximum atomic E-state index is 10.4. The van der Waals surface area contributed by atoms with Gasteiger partial charge in [-0.15, -0.1) is 0 Å². The quantitative estimate of drug-likeness (QED) is 0.296. The van der Waals surface area contributed by atoms with Gasteiger partial charge in [0, 0.05) is 0 Å². The summed E-state index contributed by atoms with van der Waals surface area (Å²) in [7, 11) is -4.64. The van der Waals surface area contributed by atoms with Crippen LogP contribution in [0.2, 0.25) is 0 Å². The standard InChI is InChI=1S/C15H23O.C2H5.Ni.H3O4P/c1-10-8-11(14(2,3)4)13(16)12(9-10)15(5,6)7;1-2;;1-5(2,3)4/h8-9,16H,1H2,2-7H3;1H2,2H3;;(H3,1,2,3,4)/q2*-1;+2;. The van der Waals surface area contributed by atoms with E-state index in [4.69, 9.17) is 19.2 Å². The van der Waals surface area contributed by atoms with E-state index in [0.717, 1.165) is 16.7 Å². The summed E-state index contributed by atoms with van der Waals surface area (Å²) >= 11 is 0. The molecule has 0 amide bonds. The molecule has 0 saturated heterocycles. The van der Waals surface area contributed by atoms with Crippen LogP contribution in [0.25, 0.3) is 0 Å². The van der Waals surface area contributed by atoms with E-state index in [1.165, 1.54) is 0 Å². The Morgan fingerprint density at radius 2 is 1.08 bits per heavy atom. The largest absolute Gasteiger partial charge is 2.00 e. The van der Waals surface area contributed by atoms with Crippen molar-refractivity contribution in [3.63, 3.8) is 0 Å². The summed E-state index contributed by atoms with van der Waals surface area (Å²) < 4.78 is 8.88. The second kappa shape index (κ2) is 10.5. The summed E-state index contributed by atoms with van der Waals surface area (Å²) in [6.07, 6.45) is 0. The Labute approximate surface area is 156 Å². The molecule has 0 unspecified atom stereocenters. The molecular weight excluding hydrogens is 374 g/mol. The molecule has 4 N–H and O–H groups in total. The maximum absolute atomic E-state index is 10.4. The van der Waals surface area contributed by atoms with Gasteiger partial charge in [0.15, 0.2) is 0 Å². The zero-order valence-electron chi connectivity index (χ0n) is 15.5. The summed E-state index contributed by atoms with van der Waals surface area (Å²) in [6.45, 7) is 21.6. The minimum absolute atomic E-state index is 0. The van der Waals surface area contributed by atoms with E-state index >= 15 is 0 Å². The normalized spacial score (nSPS) is 11.3. The monoisotopic (exact) mass is 404 g/mol. The minimum Gasteiger partial charge on any atom is -0.510 e. The van der Waals surface area contributed by atoms with Gasteiger partial charge in [-0.1, -0.05) is 52.7 Å². The first-order valence-corrected chi connectivity index (χ1v) is 8.79. The number of hydrogen-bond donors (Lipinski definition) is 4. The van der Waals surface area contributed by atoms with Crippen molar-refractivity contribution in [2.45, 2.75) is 59.3 Å². The number of rotatable bonds is 0. The number of phenolic OH excluding ortho intramolecular Hbond substituents is 1. The fraction of sp³-hybridized carbons (Fsp3) is 0.529. The zero-order valence-corrected chi connectivity index (χ0v) is 17.4. The van der Waals surface area contributed by atoms with E-state index in [2.05, 4.69) is 55.4 Å². The van der Waals surface area contributed by atoms with Gasteiger partial charge in [0.2, 0.25) is 0 Å². The second-order valence-electron chi connectivity index (χ2n) is 7.05. The summed E-state index contributed by atoms with van der Waals surface area (Å²) in [6, 6.07) is 3.95. The number of benzene rings is 1. The predicted octanol–water partition coefficient (Wildman–Crippen LogP) is 4.08. The van der Waals surface area contributed by atoms with Crippen LogP contribution in [0.5, 0.6) is 5.75 Å². The van der Waals surface area contributed by atoms with Crippen molar-refractivity contribution in [2.75, 3.05) is 0 Å². The fourth-order valence-electron chi connectivity index (χ4n) is 1.84. The molecule has 0 radical (unpaired) electrons. The Hall–Kier alpha value is -0.506. The first-order chi connectivity index (χ1) is 10.0. The predicted molar refractivity (Wildman–Crippen MR) is 95.3 cm³/mol. The van der Waals surface area contributed by atoms with Crippen LogP contribution in [0, 0.1) is 13.8 Å². The van der Waals surface area contributed by atoms with Gasteiger partial charge in [0.1, 0.15) is 0 Å². The second-order valence-corrected chi connectivity index (χ2v) is 8.08. The van der Waals surface area contributed by atoms with Crippen LogP contribution in [0.3, 0.4) is 0 Å². The van der Waals surface area contributed by atoms with Gasteiger partial charge in [-0.3, -0.25) is 0 Å². The molecule has 0 aliphatic carbocycles. The third-order valence-electron chi connectivity index (χ3n) is 2.79. The molecule has 0 aromatic heterocycles. The molecule has 0 fully saturated rings. The third kappa shape index (κ3) is 11.9. The van der Waals surface area contributed by atoms with E-state index < -0.39 is 7.82 Å². The first kappa shape index (κ1) is 28.3. The Kier molecular flexibility index (Phi) is 12.4. The minimum atomic E-state index is -4.64. The Morgan fingerprint density at radius 3 is 1.25 bits per heavy atom. The third-order valence-corrected chi connectivity index (χ3v) is 2.79. The summed E-state index contributed by atoms with van der Waals surface area (Å²) in [5.41, 5.74) is 2.80. The SMILES string of the molecule is O=P(O)(O)O.[CH2-]C.[CH2-]c1cc(C(C)(C)C)c(O)c(C(C)(C)C)c1.[Ni+2]. The van der Waals surface area contributed by atoms with Crippen LogP contribution < -0.4 is 0 Å². The van der Waals surface area contributed by atoms with Crippen molar-refractivity contribution in [1.82, 2.24) is 0 Å². The van der Waals surface area contributed by atoms with Crippen LogP contribution >= 0.6 is 7.82 Å². The van der Waals surface area contributed by atoms with Crippen LogP contribution in [0.15, 0.2) is 12.1 Å². The summed E-state index contributed by atoms with van der Waals surface area (Å²) in [5.74, 6) is 0.424. The van der Waals surface area contributed by atoms with Gasteiger partial charge >= 0.3 is 24.3 Å². The van der Waals surface area contributed by atoms with Gasteiger partial charge in [0.25, 0.3) is 0 Å². The summed E-state index contributed by atoms with van der Waals surface area (Å²) in [5, 5.41) is 10.4. The van der Waals surface area contributed by atoms with Crippen LogP contribution in [0.4, 0.5) is 0 Å². The van der Waals surface area contributed by atoms with Crippen molar-refractivity contribution in [2.24, 2.45) is 0 Å². The van der Waals surface area contributed by atoms with Crippen LogP contribution in [0.1, 0.15) is 65.2 Å². The van der Waals surface area contributed by atoms with Gasteiger partial charge in [-0.2, -0.15) is 31.5 Å². The molecule has 0 saturated carbocycles. The first-order valence-electron chi connectivity index (χ1n) is 7.22. The molecule has 7 heteroatoms. The van der Waals surface area contributed by atoms with Crippen LogP contribution in [-0.2, 0) is 31.9 Å². The van der Waals surface area contributed by atoms with Crippen molar-refractivity contribution < 1.29 is 40.8 Å². The van der Waals surface area contributed by atoms with E-state index in [1.807, 2.05) is 12.1 Å². The molecule has 0 bridgehead atoms. The van der Waals surface area contributed by atoms with Gasteiger partial charge in [-0.05, 0) is 10.8 Å². The topological polar surface area (TPSA) is 98.0 Å². The molecule has 1 aromatic carbocycles. The summed E-state index contributed by atoms with van der Waals surface area (Å²) in [4.78, 5) is 21.6. The molecule has 0 spiro atoms. The molecule has 1 aromatic rings. The average Bonchev–Trinajstić information content (AvgIpc) is 2.29. The van der Waals surface area contributed by atoms with Crippen molar-refractivity contribution in [3.05, 3.63) is 42.7 Å². The molecule has 1 rings (SSSR count). The molecule has 0 aliphatic heterocycles. The smallest absolute Gasteiger partial charge is 0.510 e. The Morgan fingerprint density at radius 1 is 0.875 bits per heavy atom. The molecule has 144 valence electrons. The van der Waals surface area contributed by atoms with Gasteiger partial charge in [0.05, 0.1) is 5.75 Å². The van der Waals surface area contributed by atoms with E-state index in [0.29, 0.717) is 5.75 Å². The number of phosphoric acid groups is 1.